The maximum Gasteiger partial charge on any atom is 0.331 e. The number of fused-ring (bicyclic) bond motifs is 1. The van der Waals surface area contributed by atoms with Gasteiger partial charge in [-0.1, -0.05) is 35.9 Å². The van der Waals surface area contributed by atoms with Gasteiger partial charge in [-0.3, -0.25) is 4.31 Å². The fraction of sp³-hybridized carbons (Fsp3) is 0.294. The summed E-state index contributed by atoms with van der Waals surface area (Å²) in [5.41, 5.74) is 1.55. The predicted octanol–water partition coefficient (Wildman–Crippen LogP) is 2.51. The van der Waals surface area contributed by atoms with Gasteiger partial charge in [0.2, 0.25) is 0 Å². The molecule has 2 aromatic rings. The number of benzene rings is 2. The van der Waals surface area contributed by atoms with Crippen LogP contribution >= 0.6 is 11.6 Å². The number of aliphatic hydroxyl groups excluding tert-OH is 1. The van der Waals surface area contributed by atoms with Crippen LogP contribution in [0.15, 0.2) is 48.5 Å². The van der Waals surface area contributed by atoms with Gasteiger partial charge in [0.1, 0.15) is 0 Å². The van der Waals surface area contributed by atoms with Gasteiger partial charge in [0.15, 0.2) is 0 Å². The fourth-order valence-electron chi connectivity index (χ4n) is 2.90. The number of aliphatic hydroxyl groups is 1. The highest BCUT2D eigenvalue weighted by Gasteiger charge is 2.41. The number of hydrogen-bond acceptors (Lipinski definition) is 4. The van der Waals surface area contributed by atoms with Crippen molar-refractivity contribution in [2.45, 2.75) is 12.5 Å². The highest BCUT2D eigenvalue weighted by atomic mass is 35.5. The van der Waals surface area contributed by atoms with Crippen LogP contribution in [0.25, 0.3) is 0 Å². The van der Waals surface area contributed by atoms with E-state index in [0.29, 0.717) is 35.1 Å². The van der Waals surface area contributed by atoms with Gasteiger partial charge >= 0.3 is 10.2 Å². The van der Waals surface area contributed by atoms with Crippen molar-refractivity contribution in [3.05, 3.63) is 53.6 Å². The van der Waals surface area contributed by atoms with Gasteiger partial charge in [0.05, 0.1) is 28.2 Å². The number of nitrogens with zero attached hydrogens (tertiary/aromatic N) is 2. The Kier molecular flexibility index (Phi) is 5.19. The molecule has 6 nitrogen and oxygen atoms in total. The lowest BCUT2D eigenvalue weighted by Crippen LogP contribution is -2.38. The first-order valence-electron chi connectivity index (χ1n) is 7.96. The summed E-state index contributed by atoms with van der Waals surface area (Å²) in [7, 11) is -2.08. The number of rotatable bonds is 6. The zero-order valence-corrected chi connectivity index (χ0v) is 15.3. The second-order valence-electron chi connectivity index (χ2n) is 5.78. The van der Waals surface area contributed by atoms with Gasteiger partial charge in [-0.05, 0) is 37.7 Å². The Labute approximate surface area is 152 Å². The quantitative estimate of drug-likeness (QED) is 0.806. The first kappa shape index (κ1) is 18.0. The minimum Gasteiger partial charge on any atom is -0.392 e. The Balaban J connectivity index is 2.01. The molecule has 2 aromatic carbocycles. The van der Waals surface area contributed by atoms with E-state index < -0.39 is 16.3 Å². The minimum atomic E-state index is -3.82. The molecule has 0 aliphatic carbocycles. The average Bonchev–Trinajstić information content (AvgIpc) is 2.80. The Hall–Kier alpha value is -1.80. The SMILES string of the molecule is CNC[C@@H](O)CCN1c2ccccc2N(c2ccccc2Cl)S1(=O)=O. The Bertz CT molecular complexity index is 860. The zero-order valence-electron chi connectivity index (χ0n) is 13.8. The zero-order chi connectivity index (χ0) is 18.0. The Morgan fingerprint density at radius 2 is 1.68 bits per heavy atom. The first-order valence-corrected chi connectivity index (χ1v) is 9.73. The molecule has 25 heavy (non-hydrogen) atoms. The van der Waals surface area contributed by atoms with Crippen LogP contribution in [0.5, 0.6) is 0 Å². The minimum absolute atomic E-state index is 0.184. The highest BCUT2D eigenvalue weighted by Crippen LogP contribution is 2.46. The van der Waals surface area contributed by atoms with Gasteiger partial charge in [0, 0.05) is 13.1 Å². The smallest absolute Gasteiger partial charge is 0.331 e. The van der Waals surface area contributed by atoms with Crippen molar-refractivity contribution in [2.24, 2.45) is 0 Å². The number of anilines is 3. The molecular weight excluding hydrogens is 362 g/mol. The molecule has 1 heterocycles. The Morgan fingerprint density at radius 3 is 2.32 bits per heavy atom. The number of nitrogens with one attached hydrogen (secondary N) is 1. The number of para-hydroxylation sites is 3. The summed E-state index contributed by atoms with van der Waals surface area (Å²) in [6.45, 7) is 0.590. The van der Waals surface area contributed by atoms with Crippen molar-refractivity contribution in [1.29, 1.82) is 0 Å². The normalized spacial score (nSPS) is 16.8. The van der Waals surface area contributed by atoms with E-state index in [9.17, 15) is 13.5 Å². The van der Waals surface area contributed by atoms with Crippen LogP contribution in [-0.4, -0.2) is 39.8 Å². The van der Waals surface area contributed by atoms with E-state index in [1.165, 1.54) is 8.61 Å². The molecule has 0 radical (unpaired) electrons. The van der Waals surface area contributed by atoms with E-state index in [1.54, 1.807) is 55.6 Å². The number of hydrogen-bond donors (Lipinski definition) is 2. The van der Waals surface area contributed by atoms with E-state index in [0.717, 1.165) is 0 Å². The lowest BCUT2D eigenvalue weighted by Gasteiger charge is -2.23. The summed E-state index contributed by atoms with van der Waals surface area (Å²) in [5.74, 6) is 0. The third-order valence-corrected chi connectivity index (χ3v) is 6.17. The van der Waals surface area contributed by atoms with Gasteiger partial charge in [-0.25, -0.2) is 4.31 Å². The van der Waals surface area contributed by atoms with Crippen LogP contribution in [-0.2, 0) is 10.2 Å². The fourth-order valence-corrected chi connectivity index (χ4v) is 4.92. The summed E-state index contributed by atoms with van der Waals surface area (Å²) in [6, 6.07) is 13.9. The average molecular weight is 382 g/mol. The molecule has 1 aliphatic rings. The molecule has 0 amide bonds. The molecule has 3 rings (SSSR count). The summed E-state index contributed by atoms with van der Waals surface area (Å²) >= 11 is 6.24. The molecule has 8 heteroatoms. The van der Waals surface area contributed by atoms with Crippen LogP contribution in [0.3, 0.4) is 0 Å². The standard InChI is InChI=1S/C17H20ClN3O3S/c1-19-12-13(22)10-11-20-16-8-4-5-9-17(16)21(25(20,23)24)15-7-3-2-6-14(15)18/h2-9,13,19,22H,10-12H2,1H3/t13-/m0/s1. The molecule has 0 unspecified atom stereocenters. The van der Waals surface area contributed by atoms with Gasteiger partial charge in [0.25, 0.3) is 0 Å². The van der Waals surface area contributed by atoms with Crippen LogP contribution in [0, 0.1) is 0 Å². The summed E-state index contributed by atoms with van der Waals surface area (Å²) in [6.07, 6.45) is -0.299. The molecule has 134 valence electrons. The maximum atomic E-state index is 13.2. The van der Waals surface area contributed by atoms with Crippen LogP contribution in [0.1, 0.15) is 6.42 Å². The van der Waals surface area contributed by atoms with Crippen molar-refractivity contribution >= 4 is 38.9 Å². The molecule has 0 spiro atoms. The summed E-state index contributed by atoms with van der Waals surface area (Å²) in [4.78, 5) is 0. The molecule has 2 N–H and O–H groups in total. The topological polar surface area (TPSA) is 72.9 Å². The van der Waals surface area contributed by atoms with Crippen molar-refractivity contribution in [3.8, 4) is 0 Å². The third kappa shape index (κ3) is 3.32. The van der Waals surface area contributed by atoms with Crippen molar-refractivity contribution in [3.63, 3.8) is 0 Å². The van der Waals surface area contributed by atoms with Crippen molar-refractivity contribution in [2.75, 3.05) is 28.7 Å². The van der Waals surface area contributed by atoms with E-state index in [2.05, 4.69) is 5.32 Å². The lowest BCUT2D eigenvalue weighted by atomic mass is 10.2. The molecule has 0 fully saturated rings. The number of likely N-dealkylation sites (N-methyl/N-ethyl adjacent to an activating group) is 1. The summed E-state index contributed by atoms with van der Waals surface area (Å²) in [5, 5.41) is 13.2. The van der Waals surface area contributed by atoms with Crippen LogP contribution in [0.4, 0.5) is 17.1 Å². The highest BCUT2D eigenvalue weighted by molar-refractivity contribution is 7.95. The van der Waals surface area contributed by atoms with E-state index >= 15 is 0 Å². The van der Waals surface area contributed by atoms with Crippen LogP contribution < -0.4 is 13.9 Å². The molecule has 0 saturated carbocycles. The Morgan fingerprint density at radius 1 is 1.08 bits per heavy atom. The van der Waals surface area contributed by atoms with Gasteiger partial charge < -0.3 is 10.4 Å². The number of halogens is 1. The monoisotopic (exact) mass is 381 g/mol. The molecule has 1 atom stereocenters. The second-order valence-corrected chi connectivity index (χ2v) is 7.89. The second kappa shape index (κ2) is 7.21. The van der Waals surface area contributed by atoms with Crippen LogP contribution in [0.2, 0.25) is 5.02 Å². The van der Waals surface area contributed by atoms with Gasteiger partial charge in [-0.2, -0.15) is 8.42 Å². The molecule has 0 aromatic heterocycles. The first-order chi connectivity index (χ1) is 12.0. The van der Waals surface area contributed by atoms with Crippen molar-refractivity contribution in [1.82, 2.24) is 5.32 Å². The molecule has 0 bridgehead atoms. The molecule has 0 saturated heterocycles. The summed E-state index contributed by atoms with van der Waals surface area (Å²) < 4.78 is 28.9. The predicted molar refractivity (Wildman–Crippen MR) is 101 cm³/mol. The molecule has 1 aliphatic heterocycles. The molecular formula is C17H20ClN3O3S. The van der Waals surface area contributed by atoms with E-state index in [-0.39, 0.29) is 6.54 Å². The van der Waals surface area contributed by atoms with Crippen molar-refractivity contribution < 1.29 is 13.5 Å². The van der Waals surface area contributed by atoms with E-state index in [4.69, 9.17) is 11.6 Å². The van der Waals surface area contributed by atoms with Gasteiger partial charge in [-0.15, -0.1) is 0 Å². The van der Waals surface area contributed by atoms with E-state index in [1.807, 2.05) is 0 Å². The third-order valence-electron chi connectivity index (χ3n) is 4.05. The maximum absolute atomic E-state index is 13.2. The lowest BCUT2D eigenvalue weighted by molar-refractivity contribution is 0.167. The largest absolute Gasteiger partial charge is 0.392 e.